The molecular formula is C19H15N3O2S. The van der Waals surface area contributed by atoms with Gasteiger partial charge in [-0.05, 0) is 24.3 Å². The van der Waals surface area contributed by atoms with E-state index in [9.17, 15) is 4.79 Å². The number of hydrogen-bond acceptors (Lipinski definition) is 4. The fourth-order valence-corrected chi connectivity index (χ4v) is 3.19. The summed E-state index contributed by atoms with van der Waals surface area (Å²) < 4.78 is 7.44. The zero-order valence-corrected chi connectivity index (χ0v) is 14.1. The molecule has 0 aliphatic carbocycles. The Labute approximate surface area is 148 Å². The molecule has 0 saturated heterocycles. The fourth-order valence-electron chi connectivity index (χ4n) is 2.49. The van der Waals surface area contributed by atoms with E-state index in [2.05, 4.69) is 10.3 Å². The number of rotatable bonds is 5. The summed E-state index contributed by atoms with van der Waals surface area (Å²) in [5.74, 6) is 0.469. The van der Waals surface area contributed by atoms with Crippen LogP contribution in [0, 0.1) is 0 Å². The first-order chi connectivity index (χ1) is 12.3. The molecule has 6 heteroatoms. The van der Waals surface area contributed by atoms with E-state index in [1.165, 1.54) is 0 Å². The van der Waals surface area contributed by atoms with E-state index in [0.717, 1.165) is 21.9 Å². The van der Waals surface area contributed by atoms with Gasteiger partial charge in [-0.15, -0.1) is 11.3 Å². The number of imidazole rings is 1. The Balaban J connectivity index is 1.44. The van der Waals surface area contributed by atoms with Crippen LogP contribution in [0.4, 0.5) is 5.69 Å². The van der Waals surface area contributed by atoms with Crippen molar-refractivity contribution in [2.45, 2.75) is 0 Å². The first kappa shape index (κ1) is 15.4. The third-order valence-electron chi connectivity index (χ3n) is 3.65. The molecule has 25 heavy (non-hydrogen) atoms. The highest BCUT2D eigenvalue weighted by Crippen LogP contribution is 2.24. The second-order valence-electron chi connectivity index (χ2n) is 5.45. The van der Waals surface area contributed by atoms with Crippen LogP contribution in [0.25, 0.3) is 16.2 Å². The number of amides is 1. The molecule has 0 fully saturated rings. The van der Waals surface area contributed by atoms with Crippen molar-refractivity contribution in [2.24, 2.45) is 0 Å². The van der Waals surface area contributed by atoms with Crippen molar-refractivity contribution in [3.63, 3.8) is 0 Å². The number of anilines is 1. The van der Waals surface area contributed by atoms with E-state index < -0.39 is 0 Å². The van der Waals surface area contributed by atoms with Gasteiger partial charge in [-0.1, -0.05) is 30.3 Å². The predicted molar refractivity (Wildman–Crippen MR) is 99.1 cm³/mol. The van der Waals surface area contributed by atoms with Crippen molar-refractivity contribution in [3.05, 3.63) is 72.4 Å². The first-order valence-electron chi connectivity index (χ1n) is 7.78. The van der Waals surface area contributed by atoms with E-state index in [1.807, 2.05) is 76.8 Å². The molecule has 0 bridgehead atoms. The van der Waals surface area contributed by atoms with Gasteiger partial charge >= 0.3 is 0 Å². The lowest BCUT2D eigenvalue weighted by atomic mass is 10.1. The average Bonchev–Trinajstić information content (AvgIpc) is 3.23. The van der Waals surface area contributed by atoms with Crippen LogP contribution in [0.1, 0.15) is 0 Å². The molecule has 2 heterocycles. The number of aromatic nitrogens is 2. The minimum Gasteiger partial charge on any atom is -0.484 e. The number of hydrogen-bond donors (Lipinski definition) is 1. The van der Waals surface area contributed by atoms with Crippen LogP contribution in [-0.2, 0) is 4.79 Å². The number of nitrogens with one attached hydrogen (secondary N) is 1. The Hall–Kier alpha value is -3.12. The lowest BCUT2D eigenvalue weighted by Crippen LogP contribution is -2.20. The largest absolute Gasteiger partial charge is 0.484 e. The van der Waals surface area contributed by atoms with Crippen molar-refractivity contribution in [2.75, 3.05) is 11.9 Å². The fraction of sp³-hybridized carbons (Fsp3) is 0.0526. The maximum atomic E-state index is 12.1. The number of fused-ring (bicyclic) bond motifs is 1. The van der Waals surface area contributed by atoms with Crippen LogP contribution in [0.2, 0.25) is 0 Å². The molecule has 4 rings (SSSR count). The van der Waals surface area contributed by atoms with Crippen LogP contribution >= 0.6 is 11.3 Å². The molecule has 1 N–H and O–H groups in total. The summed E-state index contributed by atoms with van der Waals surface area (Å²) in [6.07, 6.45) is 3.95. The normalized spacial score (nSPS) is 10.7. The van der Waals surface area contributed by atoms with Crippen LogP contribution < -0.4 is 10.1 Å². The van der Waals surface area contributed by atoms with Gasteiger partial charge in [0.2, 0.25) is 0 Å². The molecule has 4 aromatic rings. The van der Waals surface area contributed by atoms with Gasteiger partial charge in [-0.3, -0.25) is 9.20 Å². The van der Waals surface area contributed by atoms with Gasteiger partial charge in [0.25, 0.3) is 5.91 Å². The SMILES string of the molecule is O=C(COc1ccccc1)Nc1cccc(-c2cn3ccsc3n2)c1. The van der Waals surface area contributed by atoms with Crippen LogP contribution in [0.5, 0.6) is 5.75 Å². The summed E-state index contributed by atoms with van der Waals surface area (Å²) in [5.41, 5.74) is 2.55. The van der Waals surface area contributed by atoms with Crippen molar-refractivity contribution < 1.29 is 9.53 Å². The smallest absolute Gasteiger partial charge is 0.262 e. The van der Waals surface area contributed by atoms with Gasteiger partial charge in [0, 0.05) is 29.0 Å². The van der Waals surface area contributed by atoms with Gasteiger partial charge < -0.3 is 10.1 Å². The zero-order valence-electron chi connectivity index (χ0n) is 13.3. The lowest BCUT2D eigenvalue weighted by molar-refractivity contribution is -0.118. The average molecular weight is 349 g/mol. The second-order valence-corrected chi connectivity index (χ2v) is 6.32. The topological polar surface area (TPSA) is 55.6 Å². The van der Waals surface area contributed by atoms with Crippen molar-refractivity contribution in [1.29, 1.82) is 0 Å². The molecule has 0 aliphatic heterocycles. The summed E-state index contributed by atoms with van der Waals surface area (Å²) in [5, 5.41) is 4.85. The summed E-state index contributed by atoms with van der Waals surface area (Å²) in [7, 11) is 0. The molecule has 124 valence electrons. The molecule has 2 aromatic heterocycles. The number of carbonyl (C=O) groups excluding carboxylic acids is 1. The Morgan fingerprint density at radius 1 is 1.16 bits per heavy atom. The Kier molecular flexibility index (Phi) is 4.18. The minimum absolute atomic E-state index is 0.0333. The van der Waals surface area contributed by atoms with E-state index in [-0.39, 0.29) is 12.5 Å². The number of carbonyl (C=O) groups is 1. The maximum Gasteiger partial charge on any atom is 0.262 e. The lowest BCUT2D eigenvalue weighted by Gasteiger charge is -2.08. The van der Waals surface area contributed by atoms with Crippen molar-refractivity contribution in [3.8, 4) is 17.0 Å². The molecule has 0 aliphatic rings. The molecule has 1 amide bonds. The number of para-hydroxylation sites is 1. The molecule has 5 nitrogen and oxygen atoms in total. The summed E-state index contributed by atoms with van der Waals surface area (Å²) >= 11 is 1.59. The first-order valence-corrected chi connectivity index (χ1v) is 8.66. The molecule has 0 saturated carbocycles. The molecule has 0 radical (unpaired) electrons. The summed E-state index contributed by atoms with van der Waals surface area (Å²) in [6.45, 7) is -0.0333. The Morgan fingerprint density at radius 3 is 2.88 bits per heavy atom. The summed E-state index contributed by atoms with van der Waals surface area (Å²) in [4.78, 5) is 17.6. The predicted octanol–water partition coefficient (Wildman–Crippen LogP) is 4.08. The number of nitrogens with zero attached hydrogens (tertiary/aromatic N) is 2. The molecular weight excluding hydrogens is 334 g/mol. The van der Waals surface area contributed by atoms with Gasteiger partial charge in [0.05, 0.1) is 5.69 Å². The van der Waals surface area contributed by atoms with E-state index in [0.29, 0.717) is 5.75 Å². The van der Waals surface area contributed by atoms with Crippen LogP contribution in [0.15, 0.2) is 72.4 Å². The highest BCUT2D eigenvalue weighted by Gasteiger charge is 2.08. The molecule has 0 atom stereocenters. The quantitative estimate of drug-likeness (QED) is 0.591. The molecule has 0 spiro atoms. The number of thiazole rings is 1. The monoisotopic (exact) mass is 349 g/mol. The van der Waals surface area contributed by atoms with E-state index >= 15 is 0 Å². The standard InChI is InChI=1S/C19H15N3O2S/c23-18(13-24-16-7-2-1-3-8-16)20-15-6-4-5-14(11-15)17-12-22-9-10-25-19(22)21-17/h1-12H,13H2,(H,20,23). The van der Waals surface area contributed by atoms with Gasteiger partial charge in [-0.2, -0.15) is 0 Å². The van der Waals surface area contributed by atoms with E-state index in [4.69, 9.17) is 4.74 Å². The van der Waals surface area contributed by atoms with Crippen molar-refractivity contribution in [1.82, 2.24) is 9.38 Å². The number of ether oxygens (including phenoxy) is 1. The van der Waals surface area contributed by atoms with Gasteiger partial charge in [-0.25, -0.2) is 4.98 Å². The minimum atomic E-state index is -0.202. The molecule has 2 aromatic carbocycles. The molecule has 0 unspecified atom stereocenters. The third-order valence-corrected chi connectivity index (χ3v) is 4.42. The highest BCUT2D eigenvalue weighted by atomic mass is 32.1. The Morgan fingerprint density at radius 2 is 2.04 bits per heavy atom. The Bertz CT molecular complexity index is 979. The highest BCUT2D eigenvalue weighted by molar-refractivity contribution is 7.15. The van der Waals surface area contributed by atoms with Crippen LogP contribution in [-0.4, -0.2) is 21.9 Å². The number of benzene rings is 2. The zero-order chi connectivity index (χ0) is 17.1. The van der Waals surface area contributed by atoms with Gasteiger partial charge in [0.1, 0.15) is 5.75 Å². The van der Waals surface area contributed by atoms with Crippen molar-refractivity contribution >= 4 is 27.9 Å². The second kappa shape index (κ2) is 6.78. The third kappa shape index (κ3) is 3.54. The van der Waals surface area contributed by atoms with Crippen LogP contribution in [0.3, 0.4) is 0 Å². The summed E-state index contributed by atoms with van der Waals surface area (Å²) in [6, 6.07) is 16.9. The van der Waals surface area contributed by atoms with E-state index in [1.54, 1.807) is 11.3 Å². The maximum absolute atomic E-state index is 12.1. The van der Waals surface area contributed by atoms with Gasteiger partial charge in [0.15, 0.2) is 11.6 Å².